The molecule has 0 saturated carbocycles. The predicted octanol–water partition coefficient (Wildman–Crippen LogP) is 1.39. The smallest absolute Gasteiger partial charge is 0.237 e. The molecule has 0 aliphatic carbocycles. The van der Waals surface area contributed by atoms with E-state index in [0.29, 0.717) is 5.16 Å². The maximum atomic E-state index is 13.0. The lowest BCUT2D eigenvalue weighted by atomic mass is 10.3. The number of hydrogen-bond donors (Lipinski definition) is 2. The van der Waals surface area contributed by atoms with E-state index >= 15 is 0 Å². The molecule has 0 unspecified atom stereocenters. The summed E-state index contributed by atoms with van der Waals surface area (Å²) in [5, 5.41) is 9.63. The normalized spacial score (nSPS) is 12.2. The van der Waals surface area contributed by atoms with Gasteiger partial charge in [-0.05, 0) is 19.1 Å². The highest BCUT2D eigenvalue weighted by molar-refractivity contribution is 8.00. The first-order chi connectivity index (χ1) is 9.47. The van der Waals surface area contributed by atoms with Crippen LogP contribution in [0.2, 0.25) is 0 Å². The second-order valence-corrected chi connectivity index (χ2v) is 5.21. The van der Waals surface area contributed by atoms with Crippen LogP contribution in [0, 0.1) is 11.6 Å². The number of aromatic nitrogens is 3. The van der Waals surface area contributed by atoms with E-state index in [1.54, 1.807) is 6.92 Å². The van der Waals surface area contributed by atoms with Gasteiger partial charge in [0.2, 0.25) is 11.1 Å². The van der Waals surface area contributed by atoms with Crippen LogP contribution in [0.4, 0.5) is 14.5 Å². The van der Waals surface area contributed by atoms with Gasteiger partial charge in [-0.3, -0.25) is 4.79 Å². The summed E-state index contributed by atoms with van der Waals surface area (Å²) < 4.78 is 27.0. The summed E-state index contributed by atoms with van der Waals surface area (Å²) in [5.41, 5.74) is 0.176. The third kappa shape index (κ3) is 3.23. The number of hydrogen-bond acceptors (Lipinski definition) is 5. The first-order valence-electron chi connectivity index (χ1n) is 5.55. The van der Waals surface area contributed by atoms with E-state index in [2.05, 4.69) is 15.5 Å². The Morgan fingerprint density at radius 2 is 2.20 bits per heavy atom. The fraction of sp³-hybridized carbons (Fsp3) is 0.182. The lowest BCUT2D eigenvalue weighted by Crippen LogP contribution is -2.23. The van der Waals surface area contributed by atoms with Crippen molar-refractivity contribution in [2.75, 3.05) is 11.2 Å². The number of thioether (sulfide) groups is 1. The maximum absolute atomic E-state index is 13.0. The predicted molar refractivity (Wildman–Crippen MR) is 70.5 cm³/mol. The summed E-state index contributed by atoms with van der Waals surface area (Å²) in [6, 6.07) is 3.13. The molecule has 0 aliphatic heterocycles. The highest BCUT2D eigenvalue weighted by Gasteiger charge is 2.18. The molecule has 106 valence electrons. The van der Waals surface area contributed by atoms with Crippen molar-refractivity contribution in [3.8, 4) is 0 Å². The summed E-state index contributed by atoms with van der Waals surface area (Å²) in [6.45, 7) is 1.63. The number of carbonyl (C=O) groups is 1. The number of anilines is 1. The van der Waals surface area contributed by atoms with E-state index in [4.69, 9.17) is 5.84 Å². The van der Waals surface area contributed by atoms with Gasteiger partial charge in [0, 0.05) is 11.8 Å². The minimum atomic E-state index is -1.02. The standard InChI is InChI=1S/C11H11F2N5OS/c1-6(20-11-17-15-5-18(11)14)10(19)16-7-2-3-8(12)9(13)4-7/h2-6H,14H2,1H3,(H,16,19)/t6-/m1/s1. The number of carbonyl (C=O) groups excluding carboxylic acids is 1. The molecule has 0 spiro atoms. The molecule has 1 aromatic carbocycles. The molecular weight excluding hydrogens is 288 g/mol. The van der Waals surface area contributed by atoms with Gasteiger partial charge in [-0.2, -0.15) is 0 Å². The molecule has 1 heterocycles. The van der Waals surface area contributed by atoms with Crippen LogP contribution < -0.4 is 11.2 Å². The zero-order valence-electron chi connectivity index (χ0n) is 10.4. The SMILES string of the molecule is C[C@@H](Sc1nncn1N)C(=O)Nc1ccc(F)c(F)c1. The van der Waals surface area contributed by atoms with Crippen LogP contribution in [-0.4, -0.2) is 26.0 Å². The summed E-state index contributed by atoms with van der Waals surface area (Å²) in [4.78, 5) is 11.9. The zero-order valence-corrected chi connectivity index (χ0v) is 11.2. The Morgan fingerprint density at radius 3 is 2.80 bits per heavy atom. The average molecular weight is 299 g/mol. The van der Waals surface area contributed by atoms with E-state index < -0.39 is 16.9 Å². The average Bonchev–Trinajstić information content (AvgIpc) is 2.79. The fourth-order valence-electron chi connectivity index (χ4n) is 1.35. The second kappa shape index (κ2) is 5.87. The van der Waals surface area contributed by atoms with Gasteiger partial charge in [0.1, 0.15) is 6.33 Å². The summed E-state index contributed by atoms with van der Waals surface area (Å²) >= 11 is 1.10. The molecule has 1 amide bonds. The van der Waals surface area contributed by atoms with Crippen LogP contribution >= 0.6 is 11.8 Å². The molecule has 1 aromatic heterocycles. The third-order valence-electron chi connectivity index (χ3n) is 2.38. The number of nitrogens with two attached hydrogens (primary N) is 1. The number of nitrogen functional groups attached to an aromatic ring is 1. The summed E-state index contributed by atoms with van der Waals surface area (Å²) in [7, 11) is 0. The Bertz CT molecular complexity index is 633. The topological polar surface area (TPSA) is 85.8 Å². The van der Waals surface area contributed by atoms with Gasteiger partial charge in [-0.25, -0.2) is 13.5 Å². The van der Waals surface area contributed by atoms with Crippen LogP contribution in [0.1, 0.15) is 6.92 Å². The van der Waals surface area contributed by atoms with Gasteiger partial charge in [0.15, 0.2) is 11.6 Å². The summed E-state index contributed by atoms with van der Waals surface area (Å²) in [6.07, 6.45) is 1.31. The Hall–Kier alpha value is -2.16. The van der Waals surface area contributed by atoms with E-state index in [0.717, 1.165) is 23.9 Å². The van der Waals surface area contributed by atoms with Crippen molar-refractivity contribution < 1.29 is 13.6 Å². The number of amides is 1. The third-order valence-corrected chi connectivity index (χ3v) is 3.45. The van der Waals surface area contributed by atoms with Gasteiger partial charge in [-0.15, -0.1) is 10.2 Å². The van der Waals surface area contributed by atoms with Gasteiger partial charge in [0.05, 0.1) is 5.25 Å². The molecule has 0 bridgehead atoms. The molecule has 3 N–H and O–H groups in total. The van der Waals surface area contributed by atoms with E-state index in [-0.39, 0.29) is 11.6 Å². The van der Waals surface area contributed by atoms with Gasteiger partial charge in [-0.1, -0.05) is 11.8 Å². The summed E-state index contributed by atoms with van der Waals surface area (Å²) in [5.74, 6) is 3.15. The van der Waals surface area contributed by atoms with Crippen molar-refractivity contribution in [2.45, 2.75) is 17.3 Å². The molecule has 20 heavy (non-hydrogen) atoms. The van der Waals surface area contributed by atoms with Crippen molar-refractivity contribution in [1.29, 1.82) is 0 Å². The van der Waals surface area contributed by atoms with Gasteiger partial charge >= 0.3 is 0 Å². The first kappa shape index (κ1) is 14.3. The van der Waals surface area contributed by atoms with Gasteiger partial charge in [0.25, 0.3) is 0 Å². The second-order valence-electron chi connectivity index (χ2n) is 3.90. The number of rotatable bonds is 4. The largest absolute Gasteiger partial charge is 0.336 e. The van der Waals surface area contributed by atoms with Crippen molar-refractivity contribution >= 4 is 23.4 Å². The molecule has 2 aromatic rings. The van der Waals surface area contributed by atoms with Crippen LogP contribution in [0.5, 0.6) is 0 Å². The van der Waals surface area contributed by atoms with Crippen LogP contribution in [-0.2, 0) is 4.79 Å². The van der Waals surface area contributed by atoms with Crippen molar-refractivity contribution in [1.82, 2.24) is 14.9 Å². The molecule has 0 radical (unpaired) electrons. The Balaban J connectivity index is 2.00. The molecule has 6 nitrogen and oxygen atoms in total. The monoisotopic (exact) mass is 299 g/mol. The zero-order chi connectivity index (χ0) is 14.7. The minimum Gasteiger partial charge on any atom is -0.336 e. The fourth-order valence-corrected chi connectivity index (χ4v) is 2.09. The van der Waals surface area contributed by atoms with Crippen molar-refractivity contribution in [2.24, 2.45) is 0 Å². The molecule has 2 rings (SSSR count). The molecule has 1 atom stereocenters. The first-order valence-corrected chi connectivity index (χ1v) is 6.43. The van der Waals surface area contributed by atoms with Crippen molar-refractivity contribution in [3.63, 3.8) is 0 Å². The number of nitrogens with zero attached hydrogens (tertiary/aromatic N) is 3. The van der Waals surface area contributed by atoms with E-state index in [1.807, 2.05) is 0 Å². The van der Waals surface area contributed by atoms with Gasteiger partial charge < -0.3 is 11.2 Å². The molecule has 0 aliphatic rings. The highest BCUT2D eigenvalue weighted by Crippen LogP contribution is 2.21. The van der Waals surface area contributed by atoms with E-state index in [9.17, 15) is 13.6 Å². The minimum absolute atomic E-state index is 0.176. The number of benzene rings is 1. The lowest BCUT2D eigenvalue weighted by molar-refractivity contribution is -0.115. The highest BCUT2D eigenvalue weighted by atomic mass is 32.2. The van der Waals surface area contributed by atoms with Crippen molar-refractivity contribution in [3.05, 3.63) is 36.2 Å². The number of nitrogens with one attached hydrogen (secondary N) is 1. The quantitative estimate of drug-likeness (QED) is 0.658. The van der Waals surface area contributed by atoms with Crippen LogP contribution in [0.25, 0.3) is 0 Å². The lowest BCUT2D eigenvalue weighted by Gasteiger charge is -2.11. The molecule has 9 heteroatoms. The molecular formula is C11H11F2N5OS. The molecule has 0 fully saturated rings. The van der Waals surface area contributed by atoms with Crippen LogP contribution in [0.15, 0.2) is 29.7 Å². The Kier molecular flexibility index (Phi) is 4.18. The van der Waals surface area contributed by atoms with Crippen LogP contribution in [0.3, 0.4) is 0 Å². The number of halogens is 2. The molecule has 0 saturated heterocycles. The Morgan fingerprint density at radius 1 is 1.45 bits per heavy atom. The maximum Gasteiger partial charge on any atom is 0.237 e. The van der Waals surface area contributed by atoms with E-state index in [1.165, 1.54) is 17.1 Å². The Labute approximate surface area is 117 Å².